The van der Waals surface area contributed by atoms with Crippen molar-refractivity contribution in [3.8, 4) is 0 Å². The van der Waals surface area contributed by atoms with E-state index in [2.05, 4.69) is 16.0 Å². The summed E-state index contributed by atoms with van der Waals surface area (Å²) in [6, 6.07) is 14.8. The van der Waals surface area contributed by atoms with Gasteiger partial charge in [-0.1, -0.05) is 36.4 Å². The molecule has 1 atom stereocenters. The maximum Gasteiger partial charge on any atom is 0.408 e. The molecule has 0 fully saturated rings. The molecule has 0 aliphatic carbocycles. The maximum atomic E-state index is 13.1. The summed E-state index contributed by atoms with van der Waals surface area (Å²) in [4.78, 5) is 48.8. The fraction of sp³-hybridized carbons (Fsp3) is 0.286. The van der Waals surface area contributed by atoms with Crippen LogP contribution in [0.3, 0.4) is 0 Å². The Morgan fingerprint density at radius 1 is 1.05 bits per heavy atom. The first-order valence-corrected chi connectivity index (χ1v) is 12.1. The largest absolute Gasteiger partial charge is 0.445 e. The Bertz CT molecular complexity index is 1320. The van der Waals surface area contributed by atoms with Gasteiger partial charge in [0.05, 0.1) is 0 Å². The summed E-state index contributed by atoms with van der Waals surface area (Å²) in [5, 5.41) is 8.93. The predicted molar refractivity (Wildman–Crippen MR) is 141 cm³/mol. The number of amides is 3. The van der Waals surface area contributed by atoms with Gasteiger partial charge in [0.25, 0.3) is 0 Å². The zero-order chi connectivity index (χ0) is 26.6. The molecule has 3 rings (SSSR count). The summed E-state index contributed by atoms with van der Waals surface area (Å²) in [7, 11) is 0. The molecule has 1 heterocycles. The van der Waals surface area contributed by atoms with E-state index in [4.69, 9.17) is 9.15 Å². The topological polar surface area (TPSA) is 127 Å². The van der Waals surface area contributed by atoms with Crippen LogP contribution in [0.4, 0.5) is 10.5 Å². The average Bonchev–Trinajstić information content (AvgIpc) is 2.87. The maximum absolute atomic E-state index is 13.1. The lowest BCUT2D eigenvalue weighted by molar-refractivity contribution is -0.118. The van der Waals surface area contributed by atoms with Crippen molar-refractivity contribution in [2.45, 2.75) is 45.8 Å². The molecule has 194 valence electrons. The normalized spacial score (nSPS) is 11.7. The van der Waals surface area contributed by atoms with Crippen LogP contribution in [0.15, 0.2) is 76.0 Å². The van der Waals surface area contributed by atoms with E-state index in [1.165, 1.54) is 12.1 Å². The van der Waals surface area contributed by atoms with Crippen molar-refractivity contribution in [2.24, 2.45) is 0 Å². The van der Waals surface area contributed by atoms with Crippen LogP contribution < -0.4 is 21.6 Å². The molecule has 9 heteroatoms. The van der Waals surface area contributed by atoms with E-state index in [0.29, 0.717) is 37.1 Å². The van der Waals surface area contributed by atoms with E-state index in [0.717, 1.165) is 16.5 Å². The molecule has 37 heavy (non-hydrogen) atoms. The van der Waals surface area contributed by atoms with Crippen molar-refractivity contribution in [1.29, 1.82) is 0 Å². The van der Waals surface area contributed by atoms with Crippen LogP contribution in [0.25, 0.3) is 11.0 Å². The molecule has 0 spiro atoms. The number of anilines is 1. The lowest BCUT2D eigenvalue weighted by Crippen LogP contribution is -2.44. The van der Waals surface area contributed by atoms with Crippen molar-refractivity contribution in [3.63, 3.8) is 0 Å². The van der Waals surface area contributed by atoms with Crippen molar-refractivity contribution in [2.75, 3.05) is 11.9 Å². The van der Waals surface area contributed by atoms with Crippen molar-refractivity contribution >= 4 is 34.6 Å². The smallest absolute Gasteiger partial charge is 0.408 e. The Morgan fingerprint density at radius 2 is 1.84 bits per heavy atom. The standard InChI is InChI=1S/C28H31N3O6/c1-3-9-25(32)29-15-8-7-12-23(31-28(35)36-18-20-10-5-4-6-11-20)27(34)30-21-13-14-22-19(2)16-26(33)37-24(22)17-21/h3-6,9-11,13-14,16-17,23H,7-8,12,15,18H2,1-2H3,(H,29,32)(H,30,34)(H,31,35)/b9-3+/t23-/m0/s1. The number of unbranched alkanes of at least 4 members (excludes halogenated alkanes) is 1. The highest BCUT2D eigenvalue weighted by atomic mass is 16.5. The van der Waals surface area contributed by atoms with E-state index in [1.54, 1.807) is 38.1 Å². The van der Waals surface area contributed by atoms with Gasteiger partial charge in [-0.25, -0.2) is 9.59 Å². The van der Waals surface area contributed by atoms with Gasteiger partial charge in [-0.2, -0.15) is 0 Å². The Balaban J connectivity index is 1.64. The molecule has 1 aromatic heterocycles. The fourth-order valence-electron chi connectivity index (χ4n) is 3.70. The number of rotatable bonds is 11. The van der Waals surface area contributed by atoms with Gasteiger partial charge in [-0.3, -0.25) is 9.59 Å². The zero-order valence-electron chi connectivity index (χ0n) is 20.9. The number of alkyl carbamates (subject to hydrolysis) is 1. The molecule has 0 bridgehead atoms. The van der Waals surface area contributed by atoms with E-state index < -0.39 is 23.7 Å². The zero-order valence-corrected chi connectivity index (χ0v) is 20.9. The number of hydrogen-bond acceptors (Lipinski definition) is 6. The summed E-state index contributed by atoms with van der Waals surface area (Å²) in [6.45, 7) is 4.08. The summed E-state index contributed by atoms with van der Waals surface area (Å²) < 4.78 is 10.5. The van der Waals surface area contributed by atoms with E-state index in [-0.39, 0.29) is 12.5 Å². The third kappa shape index (κ3) is 8.64. The van der Waals surface area contributed by atoms with Gasteiger partial charge < -0.3 is 25.1 Å². The molecule has 0 aliphatic heterocycles. The Kier molecular flexibility index (Phi) is 10.0. The number of hydrogen-bond donors (Lipinski definition) is 3. The molecule has 3 N–H and O–H groups in total. The summed E-state index contributed by atoms with van der Waals surface area (Å²) in [5.41, 5.74) is 1.89. The molecule has 0 saturated heterocycles. The summed E-state index contributed by atoms with van der Waals surface area (Å²) in [5.74, 6) is -0.624. The lowest BCUT2D eigenvalue weighted by atomic mass is 10.1. The van der Waals surface area contributed by atoms with Crippen LogP contribution in [0.1, 0.15) is 37.3 Å². The second-order valence-corrected chi connectivity index (χ2v) is 8.49. The SMILES string of the molecule is C/C=C/C(=O)NCCCC[C@H](NC(=O)OCc1ccccc1)C(=O)Nc1ccc2c(C)cc(=O)oc2c1. The molecule has 9 nitrogen and oxygen atoms in total. The second-order valence-electron chi connectivity index (χ2n) is 8.49. The van der Waals surface area contributed by atoms with Gasteiger partial charge in [0.1, 0.15) is 18.2 Å². The Hall–Kier alpha value is -4.40. The molecule has 0 aliphatic rings. The van der Waals surface area contributed by atoms with Gasteiger partial charge in [-0.15, -0.1) is 0 Å². The van der Waals surface area contributed by atoms with E-state index >= 15 is 0 Å². The third-order valence-electron chi connectivity index (χ3n) is 5.58. The van der Waals surface area contributed by atoms with Crippen LogP contribution in [0.2, 0.25) is 0 Å². The highest BCUT2D eigenvalue weighted by Gasteiger charge is 2.22. The summed E-state index contributed by atoms with van der Waals surface area (Å²) in [6.07, 6.45) is 3.89. The third-order valence-corrected chi connectivity index (χ3v) is 5.58. The van der Waals surface area contributed by atoms with Crippen LogP contribution in [-0.4, -0.2) is 30.5 Å². The van der Waals surface area contributed by atoms with Crippen molar-refractivity contribution in [3.05, 3.63) is 88.3 Å². The van der Waals surface area contributed by atoms with Gasteiger partial charge in [-0.05, 0) is 62.4 Å². The minimum Gasteiger partial charge on any atom is -0.445 e. The first-order valence-electron chi connectivity index (χ1n) is 12.1. The number of carbonyl (C=O) groups is 3. The van der Waals surface area contributed by atoms with Crippen LogP contribution in [0.5, 0.6) is 0 Å². The second kappa shape index (κ2) is 13.6. The van der Waals surface area contributed by atoms with Gasteiger partial charge in [0.15, 0.2) is 0 Å². The minimum atomic E-state index is -0.880. The predicted octanol–water partition coefficient (Wildman–Crippen LogP) is 4.20. The molecule has 2 aromatic carbocycles. The Labute approximate surface area is 214 Å². The Morgan fingerprint density at radius 3 is 2.59 bits per heavy atom. The summed E-state index contributed by atoms with van der Waals surface area (Å²) >= 11 is 0. The van der Waals surface area contributed by atoms with E-state index in [1.807, 2.05) is 30.3 Å². The van der Waals surface area contributed by atoms with Crippen LogP contribution >= 0.6 is 0 Å². The van der Waals surface area contributed by atoms with E-state index in [9.17, 15) is 19.2 Å². The number of ether oxygens (including phenoxy) is 1. The lowest BCUT2D eigenvalue weighted by Gasteiger charge is -2.19. The molecular formula is C28H31N3O6. The van der Waals surface area contributed by atoms with Gasteiger partial charge in [0, 0.05) is 29.8 Å². The van der Waals surface area contributed by atoms with Gasteiger partial charge in [0.2, 0.25) is 11.8 Å². The molecule has 3 aromatic rings. The van der Waals surface area contributed by atoms with Crippen molar-refractivity contribution < 1.29 is 23.5 Å². The molecule has 0 radical (unpaired) electrons. The number of fused-ring (bicyclic) bond motifs is 1. The first kappa shape index (κ1) is 27.2. The average molecular weight is 506 g/mol. The molecule has 0 unspecified atom stereocenters. The highest BCUT2D eigenvalue weighted by Crippen LogP contribution is 2.21. The number of benzene rings is 2. The molecule has 0 saturated carbocycles. The highest BCUT2D eigenvalue weighted by molar-refractivity contribution is 5.98. The monoisotopic (exact) mass is 505 g/mol. The minimum absolute atomic E-state index is 0.0705. The number of aryl methyl sites for hydroxylation is 1. The fourth-order valence-corrected chi connectivity index (χ4v) is 3.70. The van der Waals surface area contributed by atoms with Crippen molar-refractivity contribution in [1.82, 2.24) is 10.6 Å². The number of allylic oxidation sites excluding steroid dienone is 1. The van der Waals surface area contributed by atoms with Crippen LogP contribution in [-0.2, 0) is 20.9 Å². The molecular weight excluding hydrogens is 474 g/mol. The van der Waals surface area contributed by atoms with Crippen LogP contribution in [0, 0.1) is 6.92 Å². The molecule has 3 amide bonds. The first-order chi connectivity index (χ1) is 17.9. The van der Waals surface area contributed by atoms with Gasteiger partial charge >= 0.3 is 11.7 Å². The number of nitrogens with one attached hydrogen (secondary N) is 3. The number of carbonyl (C=O) groups excluding carboxylic acids is 3. The quantitative estimate of drug-likeness (QED) is 0.204.